The van der Waals surface area contributed by atoms with Crippen LogP contribution in [0.5, 0.6) is 17.2 Å². The molecule has 0 bridgehead atoms. The lowest BCUT2D eigenvalue weighted by atomic mass is 9.56. The molecule has 2 heterocycles. The van der Waals surface area contributed by atoms with Crippen LogP contribution in [0.3, 0.4) is 0 Å². The minimum atomic E-state index is -2.91. The number of amides is 4. The lowest BCUT2D eigenvalue weighted by Crippen LogP contribution is -2.60. The van der Waals surface area contributed by atoms with E-state index in [-0.39, 0.29) is 45.3 Å². The Bertz CT molecular complexity index is 2210. The Labute approximate surface area is 304 Å². The van der Waals surface area contributed by atoms with Gasteiger partial charge >= 0.3 is 0 Å². The monoisotopic (exact) mass is 781 g/mol. The molecular formula is C34H22Cl2F5N3O9. The maximum absolute atomic E-state index is 15.3. The van der Waals surface area contributed by atoms with Crippen LogP contribution in [0, 0.1) is 57.0 Å². The van der Waals surface area contributed by atoms with Crippen LogP contribution in [0.1, 0.15) is 24.3 Å². The van der Waals surface area contributed by atoms with Crippen molar-refractivity contribution in [1.29, 1.82) is 0 Å². The van der Waals surface area contributed by atoms with Crippen molar-refractivity contribution in [3.05, 3.63) is 92.8 Å². The first-order valence-electron chi connectivity index (χ1n) is 15.5. The summed E-state index contributed by atoms with van der Waals surface area (Å²) < 4.78 is 84.3. The molecule has 0 spiro atoms. The second kappa shape index (κ2) is 12.1. The third-order valence-corrected chi connectivity index (χ3v) is 11.8. The van der Waals surface area contributed by atoms with Crippen LogP contribution in [0.25, 0.3) is 0 Å². The van der Waals surface area contributed by atoms with Gasteiger partial charge in [-0.1, -0.05) is 11.6 Å². The Hall–Kier alpha value is -5.29. The van der Waals surface area contributed by atoms with Crippen LogP contribution in [0.4, 0.5) is 39.0 Å². The Morgan fingerprint density at radius 2 is 1.45 bits per heavy atom. The van der Waals surface area contributed by atoms with Crippen LogP contribution in [-0.4, -0.2) is 57.6 Å². The lowest BCUT2D eigenvalue weighted by molar-refractivity contribution is -0.384. The number of imide groups is 2. The summed E-state index contributed by atoms with van der Waals surface area (Å²) in [5.41, 5.74) is -2.58. The molecule has 3 aromatic rings. The first kappa shape index (κ1) is 36.1. The van der Waals surface area contributed by atoms with Crippen molar-refractivity contribution in [2.24, 2.45) is 17.8 Å². The molecule has 2 aliphatic heterocycles. The number of carbonyl (C=O) groups excluding carboxylic acids is 4. The number of nitrogens with zero attached hydrogens (tertiary/aromatic N) is 3. The van der Waals surface area contributed by atoms with Crippen LogP contribution < -0.4 is 19.3 Å². The van der Waals surface area contributed by atoms with E-state index in [4.69, 9.17) is 32.7 Å². The number of nitro groups is 1. The summed E-state index contributed by atoms with van der Waals surface area (Å²) in [5, 5.41) is 22.6. The minimum absolute atomic E-state index is 0.0275. The fourth-order valence-corrected chi connectivity index (χ4v) is 8.94. The van der Waals surface area contributed by atoms with Gasteiger partial charge in [0, 0.05) is 35.7 Å². The zero-order valence-electron chi connectivity index (χ0n) is 27.0. The lowest BCUT2D eigenvalue weighted by Gasteiger charge is -2.50. The van der Waals surface area contributed by atoms with E-state index in [2.05, 4.69) is 0 Å². The molecule has 0 aromatic heterocycles. The number of rotatable bonds is 6. The van der Waals surface area contributed by atoms with Crippen LogP contribution >= 0.6 is 23.2 Å². The van der Waals surface area contributed by atoms with Crippen molar-refractivity contribution in [2.75, 3.05) is 24.0 Å². The molecule has 2 saturated heterocycles. The summed E-state index contributed by atoms with van der Waals surface area (Å²) in [7, 11) is 2.41. The zero-order chi connectivity index (χ0) is 38.6. The number of halogens is 7. The number of allylic oxidation sites excluding steroid dienone is 2. The van der Waals surface area contributed by atoms with Crippen molar-refractivity contribution in [3.63, 3.8) is 0 Å². The predicted molar refractivity (Wildman–Crippen MR) is 173 cm³/mol. The standard InChI is InChI=1S/C34H22Cl2F5N3O9/c1-52-14-9-18(45)21(19(10-14)53-2)22-15-7-8-16-20(30(47)42(29(16)46)12-3-5-13(6-4-12)44(50)51)17(15)11-33(35)31(48)43(32(49)34(22,33)36)28-26(40)24(38)23(37)25(39)27(28)41/h3-7,9-10,16-17,20,22,45H,8,11H2,1-2H3. The largest absolute Gasteiger partial charge is 0.507 e. The first-order valence-corrected chi connectivity index (χ1v) is 16.3. The van der Waals surface area contributed by atoms with E-state index in [1.165, 1.54) is 31.4 Å². The number of alkyl halides is 2. The number of hydrogen-bond acceptors (Lipinski definition) is 9. The summed E-state index contributed by atoms with van der Waals surface area (Å²) in [5.74, 6) is -24.1. The topological polar surface area (TPSA) is 157 Å². The molecule has 1 N–H and O–H groups in total. The number of fused-ring (bicyclic) bond motifs is 4. The van der Waals surface area contributed by atoms with Crippen molar-refractivity contribution in [3.8, 4) is 17.2 Å². The molecule has 7 rings (SSSR count). The number of methoxy groups -OCH3 is 2. The van der Waals surface area contributed by atoms with Gasteiger partial charge in [-0.15, -0.1) is 23.2 Å². The number of nitro benzene ring substituents is 1. The molecule has 4 amide bonds. The fraction of sp³-hybridized carbons (Fsp3) is 0.294. The SMILES string of the molecule is COc1cc(O)c(C2C3=CCC4C(=O)N(c5ccc([N+](=O)[O-])cc5)C(=O)C4C3CC3(Cl)C(=O)N(c4c(F)c(F)c(F)c(F)c4F)C(=O)C23Cl)c(OC)c1. The van der Waals surface area contributed by atoms with Gasteiger partial charge in [0.2, 0.25) is 17.6 Å². The average Bonchev–Trinajstić information content (AvgIpc) is 3.47. The molecule has 276 valence electrons. The number of phenols is 1. The molecule has 2 aliphatic carbocycles. The molecule has 12 nitrogen and oxygen atoms in total. The Morgan fingerprint density at radius 1 is 0.849 bits per heavy atom. The molecule has 19 heteroatoms. The fourth-order valence-electron chi connectivity index (χ4n) is 8.03. The van der Waals surface area contributed by atoms with E-state index >= 15 is 8.78 Å². The van der Waals surface area contributed by atoms with Gasteiger partial charge in [-0.2, -0.15) is 0 Å². The summed E-state index contributed by atoms with van der Waals surface area (Å²) in [6, 6.07) is 6.83. The maximum atomic E-state index is 15.3. The average molecular weight is 782 g/mol. The number of anilines is 2. The van der Waals surface area contributed by atoms with Crippen molar-refractivity contribution in [1.82, 2.24) is 0 Å². The van der Waals surface area contributed by atoms with Gasteiger partial charge in [-0.3, -0.25) is 34.2 Å². The summed E-state index contributed by atoms with van der Waals surface area (Å²) in [4.78, 5) is 62.1. The van der Waals surface area contributed by atoms with Gasteiger partial charge in [-0.05, 0) is 30.9 Å². The smallest absolute Gasteiger partial charge is 0.269 e. The van der Waals surface area contributed by atoms with Crippen molar-refractivity contribution < 1.29 is 60.6 Å². The molecule has 4 aliphatic rings. The van der Waals surface area contributed by atoms with Crippen molar-refractivity contribution in [2.45, 2.75) is 28.5 Å². The summed E-state index contributed by atoms with van der Waals surface area (Å²) in [6.45, 7) is 0. The van der Waals surface area contributed by atoms with E-state index < -0.39 is 109 Å². The van der Waals surface area contributed by atoms with Gasteiger partial charge in [0.1, 0.15) is 22.9 Å². The zero-order valence-corrected chi connectivity index (χ0v) is 28.5. The first-order chi connectivity index (χ1) is 25.0. The molecule has 1 saturated carbocycles. The molecule has 3 fully saturated rings. The number of hydrogen-bond donors (Lipinski definition) is 1. The van der Waals surface area contributed by atoms with Crippen LogP contribution in [0.15, 0.2) is 48.0 Å². The highest BCUT2D eigenvalue weighted by Gasteiger charge is 2.77. The number of benzene rings is 3. The van der Waals surface area contributed by atoms with Gasteiger partial charge in [-0.25, -0.2) is 26.9 Å². The number of aromatic hydroxyl groups is 1. The summed E-state index contributed by atoms with van der Waals surface area (Å²) >= 11 is 14.2. The highest BCUT2D eigenvalue weighted by molar-refractivity contribution is 6.58. The second-order valence-corrected chi connectivity index (χ2v) is 14.0. The Kier molecular flexibility index (Phi) is 8.26. The predicted octanol–water partition coefficient (Wildman–Crippen LogP) is 5.78. The molecule has 3 aromatic carbocycles. The molecule has 6 unspecified atom stereocenters. The van der Waals surface area contributed by atoms with E-state index in [0.717, 1.165) is 30.2 Å². The number of ether oxygens (including phenoxy) is 2. The summed E-state index contributed by atoms with van der Waals surface area (Å²) in [6.07, 6.45) is 0.458. The van der Waals surface area contributed by atoms with E-state index in [9.17, 15) is 47.6 Å². The third-order valence-electron chi connectivity index (χ3n) is 10.4. The third kappa shape index (κ3) is 4.65. The number of non-ortho nitro benzene ring substituents is 1. The van der Waals surface area contributed by atoms with Gasteiger partial charge < -0.3 is 14.6 Å². The highest BCUT2D eigenvalue weighted by Crippen LogP contribution is 2.67. The Morgan fingerprint density at radius 3 is 2.02 bits per heavy atom. The van der Waals surface area contributed by atoms with E-state index in [0.29, 0.717) is 0 Å². The highest BCUT2D eigenvalue weighted by atomic mass is 35.5. The molecule has 6 atom stereocenters. The van der Waals surface area contributed by atoms with Gasteiger partial charge in [0.05, 0.1) is 36.7 Å². The molecular weight excluding hydrogens is 760 g/mol. The second-order valence-electron chi connectivity index (χ2n) is 12.7. The van der Waals surface area contributed by atoms with Gasteiger partial charge in [0.25, 0.3) is 17.5 Å². The van der Waals surface area contributed by atoms with E-state index in [1.54, 1.807) is 0 Å². The van der Waals surface area contributed by atoms with Crippen LogP contribution in [-0.2, 0) is 19.2 Å². The number of phenolic OH excluding ortho intramolecular Hbond substituents is 1. The molecule has 53 heavy (non-hydrogen) atoms. The molecule has 0 radical (unpaired) electrons. The Balaban J connectivity index is 1.45. The number of carbonyl (C=O) groups is 4. The van der Waals surface area contributed by atoms with Crippen LogP contribution in [0.2, 0.25) is 0 Å². The van der Waals surface area contributed by atoms with Gasteiger partial charge in [0.15, 0.2) is 33.0 Å². The quantitative estimate of drug-likeness (QED) is 0.0479. The minimum Gasteiger partial charge on any atom is -0.507 e. The maximum Gasteiger partial charge on any atom is 0.269 e. The van der Waals surface area contributed by atoms with Crippen molar-refractivity contribution >= 4 is 63.9 Å². The normalized spacial score (nSPS) is 27.8. The van der Waals surface area contributed by atoms with E-state index in [1.807, 2.05) is 0 Å².